The lowest BCUT2D eigenvalue weighted by Gasteiger charge is -2.18. The van der Waals surface area contributed by atoms with E-state index in [2.05, 4.69) is 5.32 Å². The van der Waals surface area contributed by atoms with Crippen molar-refractivity contribution in [1.82, 2.24) is 4.90 Å². The smallest absolute Gasteiger partial charge is 0.257 e. The normalized spacial score (nSPS) is 10.3. The van der Waals surface area contributed by atoms with Gasteiger partial charge in [0.05, 0.1) is 10.6 Å². The molecule has 2 aromatic carbocycles. The molecule has 0 radical (unpaired) electrons. The van der Waals surface area contributed by atoms with Crippen LogP contribution in [0.3, 0.4) is 0 Å². The Morgan fingerprint density at radius 2 is 1.83 bits per heavy atom. The highest BCUT2D eigenvalue weighted by Gasteiger charge is 2.14. The van der Waals surface area contributed by atoms with Gasteiger partial charge in [0, 0.05) is 31.2 Å². The number of anilines is 1. The predicted octanol–water partition coefficient (Wildman–Crippen LogP) is 4.22. The number of halogens is 2. The highest BCUT2D eigenvalue weighted by molar-refractivity contribution is 6.36. The average molecular weight is 351 g/mol. The van der Waals surface area contributed by atoms with Gasteiger partial charge in [-0.3, -0.25) is 9.59 Å². The molecule has 6 heteroatoms. The summed E-state index contributed by atoms with van der Waals surface area (Å²) in [4.78, 5) is 25.4. The summed E-state index contributed by atoms with van der Waals surface area (Å²) in [5.74, 6) is -0.403. The zero-order valence-electron chi connectivity index (χ0n) is 12.8. The zero-order chi connectivity index (χ0) is 17.0. The standard InChI is InChI=1S/C17H16Cl2N2O2/c1-11(22)21(2)10-12-5-3-4-6-16(12)20-17(23)14-9-13(18)7-8-15(14)19/h3-9H,10H2,1-2H3,(H,20,23). The van der Waals surface area contributed by atoms with E-state index < -0.39 is 0 Å². The summed E-state index contributed by atoms with van der Waals surface area (Å²) in [5.41, 5.74) is 1.76. The van der Waals surface area contributed by atoms with Gasteiger partial charge in [-0.25, -0.2) is 0 Å². The summed E-state index contributed by atoms with van der Waals surface area (Å²) in [6, 6.07) is 12.0. The van der Waals surface area contributed by atoms with Gasteiger partial charge in [0.25, 0.3) is 5.91 Å². The van der Waals surface area contributed by atoms with Crippen LogP contribution in [0.4, 0.5) is 5.69 Å². The fourth-order valence-corrected chi connectivity index (χ4v) is 2.38. The fraction of sp³-hybridized carbons (Fsp3) is 0.176. The Morgan fingerprint density at radius 3 is 2.52 bits per heavy atom. The Hall–Kier alpha value is -2.04. The summed E-state index contributed by atoms with van der Waals surface area (Å²) >= 11 is 12.0. The van der Waals surface area contributed by atoms with E-state index in [0.717, 1.165) is 5.56 Å². The van der Waals surface area contributed by atoms with Crippen molar-refractivity contribution in [2.24, 2.45) is 0 Å². The SMILES string of the molecule is CC(=O)N(C)Cc1ccccc1NC(=O)c1cc(Cl)ccc1Cl. The van der Waals surface area contributed by atoms with E-state index in [0.29, 0.717) is 27.8 Å². The van der Waals surface area contributed by atoms with Crippen molar-refractivity contribution in [3.8, 4) is 0 Å². The Labute approximate surface area is 145 Å². The zero-order valence-corrected chi connectivity index (χ0v) is 14.3. The first kappa shape index (κ1) is 17.3. The Balaban J connectivity index is 2.24. The van der Waals surface area contributed by atoms with Crippen LogP contribution < -0.4 is 5.32 Å². The number of benzene rings is 2. The molecule has 0 unspecified atom stereocenters. The van der Waals surface area contributed by atoms with E-state index in [1.807, 2.05) is 18.2 Å². The van der Waals surface area contributed by atoms with Gasteiger partial charge in [0.15, 0.2) is 0 Å². The monoisotopic (exact) mass is 350 g/mol. The number of para-hydroxylation sites is 1. The summed E-state index contributed by atoms with van der Waals surface area (Å²) < 4.78 is 0. The Kier molecular flexibility index (Phi) is 5.64. The number of nitrogens with one attached hydrogen (secondary N) is 1. The molecule has 2 amide bonds. The van der Waals surface area contributed by atoms with Crippen LogP contribution in [0, 0.1) is 0 Å². The van der Waals surface area contributed by atoms with Gasteiger partial charge >= 0.3 is 0 Å². The average Bonchev–Trinajstić information content (AvgIpc) is 2.51. The van der Waals surface area contributed by atoms with Gasteiger partial charge in [-0.2, -0.15) is 0 Å². The number of carbonyl (C=O) groups is 2. The van der Waals surface area contributed by atoms with E-state index in [1.54, 1.807) is 30.1 Å². The molecule has 0 atom stereocenters. The molecular weight excluding hydrogens is 335 g/mol. The number of hydrogen-bond donors (Lipinski definition) is 1. The largest absolute Gasteiger partial charge is 0.342 e. The van der Waals surface area contributed by atoms with Crippen LogP contribution in [-0.4, -0.2) is 23.8 Å². The molecule has 0 heterocycles. The quantitative estimate of drug-likeness (QED) is 0.896. The molecule has 1 N–H and O–H groups in total. The van der Waals surface area contributed by atoms with Crippen molar-refractivity contribution in [3.63, 3.8) is 0 Å². The van der Waals surface area contributed by atoms with Crippen molar-refractivity contribution in [2.45, 2.75) is 13.5 Å². The van der Waals surface area contributed by atoms with Crippen LogP contribution in [0.15, 0.2) is 42.5 Å². The molecule has 0 spiro atoms. The molecule has 0 fully saturated rings. The van der Waals surface area contributed by atoms with E-state index in [1.165, 1.54) is 13.0 Å². The predicted molar refractivity (Wildman–Crippen MR) is 93.0 cm³/mol. The van der Waals surface area contributed by atoms with Crippen LogP contribution in [0.5, 0.6) is 0 Å². The molecule has 0 aliphatic rings. The first-order valence-electron chi connectivity index (χ1n) is 6.94. The molecule has 120 valence electrons. The maximum absolute atomic E-state index is 12.4. The van der Waals surface area contributed by atoms with E-state index in [-0.39, 0.29) is 11.8 Å². The number of rotatable bonds is 4. The first-order chi connectivity index (χ1) is 10.9. The fourth-order valence-electron chi connectivity index (χ4n) is 2.01. The lowest BCUT2D eigenvalue weighted by molar-refractivity contribution is -0.128. The Morgan fingerprint density at radius 1 is 1.13 bits per heavy atom. The highest BCUT2D eigenvalue weighted by atomic mass is 35.5. The van der Waals surface area contributed by atoms with E-state index in [9.17, 15) is 9.59 Å². The number of carbonyl (C=O) groups excluding carboxylic acids is 2. The lowest BCUT2D eigenvalue weighted by Crippen LogP contribution is -2.24. The Bertz CT molecular complexity index is 747. The summed E-state index contributed by atoms with van der Waals surface area (Å²) in [6.45, 7) is 1.89. The van der Waals surface area contributed by atoms with Crippen molar-refractivity contribution in [3.05, 3.63) is 63.6 Å². The van der Waals surface area contributed by atoms with Crippen molar-refractivity contribution >= 4 is 40.7 Å². The summed E-state index contributed by atoms with van der Waals surface area (Å²) in [7, 11) is 1.70. The van der Waals surface area contributed by atoms with Crippen LogP contribution in [0.25, 0.3) is 0 Å². The second kappa shape index (κ2) is 7.49. The molecule has 4 nitrogen and oxygen atoms in total. The molecule has 0 saturated carbocycles. The van der Waals surface area contributed by atoms with Gasteiger partial charge in [-0.15, -0.1) is 0 Å². The van der Waals surface area contributed by atoms with Crippen LogP contribution in [-0.2, 0) is 11.3 Å². The second-order valence-corrected chi connectivity index (χ2v) is 5.95. The number of amides is 2. The van der Waals surface area contributed by atoms with Gasteiger partial charge in [-0.05, 0) is 29.8 Å². The van der Waals surface area contributed by atoms with Crippen molar-refractivity contribution in [1.29, 1.82) is 0 Å². The molecule has 2 rings (SSSR count). The molecule has 0 aromatic heterocycles. The molecule has 23 heavy (non-hydrogen) atoms. The maximum atomic E-state index is 12.4. The minimum atomic E-state index is -0.351. The van der Waals surface area contributed by atoms with Crippen LogP contribution >= 0.6 is 23.2 Å². The molecular formula is C17H16Cl2N2O2. The van der Waals surface area contributed by atoms with Crippen molar-refractivity contribution < 1.29 is 9.59 Å². The molecule has 2 aromatic rings. The number of hydrogen-bond acceptors (Lipinski definition) is 2. The number of nitrogens with zero attached hydrogens (tertiary/aromatic N) is 1. The minimum absolute atomic E-state index is 0.0518. The third-order valence-electron chi connectivity index (χ3n) is 3.38. The molecule has 0 aliphatic heterocycles. The molecule has 0 bridgehead atoms. The van der Waals surface area contributed by atoms with E-state index >= 15 is 0 Å². The lowest BCUT2D eigenvalue weighted by atomic mass is 10.1. The van der Waals surface area contributed by atoms with Crippen LogP contribution in [0.2, 0.25) is 10.0 Å². The van der Waals surface area contributed by atoms with E-state index in [4.69, 9.17) is 23.2 Å². The third-order valence-corrected chi connectivity index (χ3v) is 3.95. The van der Waals surface area contributed by atoms with Gasteiger partial charge < -0.3 is 10.2 Å². The van der Waals surface area contributed by atoms with Gasteiger partial charge in [0.2, 0.25) is 5.91 Å². The van der Waals surface area contributed by atoms with Gasteiger partial charge in [0.1, 0.15) is 0 Å². The highest BCUT2D eigenvalue weighted by Crippen LogP contribution is 2.23. The first-order valence-corrected chi connectivity index (χ1v) is 7.70. The second-order valence-electron chi connectivity index (χ2n) is 5.11. The van der Waals surface area contributed by atoms with Crippen molar-refractivity contribution in [2.75, 3.05) is 12.4 Å². The minimum Gasteiger partial charge on any atom is -0.342 e. The van der Waals surface area contributed by atoms with Gasteiger partial charge in [-0.1, -0.05) is 41.4 Å². The van der Waals surface area contributed by atoms with Crippen LogP contribution in [0.1, 0.15) is 22.8 Å². The summed E-state index contributed by atoms with van der Waals surface area (Å²) in [5, 5.41) is 3.58. The summed E-state index contributed by atoms with van der Waals surface area (Å²) in [6.07, 6.45) is 0. The topological polar surface area (TPSA) is 49.4 Å². The third kappa shape index (κ3) is 4.47. The molecule has 0 aliphatic carbocycles. The maximum Gasteiger partial charge on any atom is 0.257 e. The molecule has 0 saturated heterocycles.